The van der Waals surface area contributed by atoms with Gasteiger partial charge in [-0.3, -0.25) is 4.79 Å². The van der Waals surface area contributed by atoms with Crippen LogP contribution in [0, 0.1) is 0 Å². The van der Waals surface area contributed by atoms with Gasteiger partial charge < -0.3 is 15.0 Å². The SMILES string of the molecule is O=C(Cc1csc(Cl)c1)OC(=O)N1CCNCC1. The number of halogens is 1. The van der Waals surface area contributed by atoms with Gasteiger partial charge in [-0.2, -0.15) is 0 Å². The molecule has 1 aromatic heterocycles. The quantitative estimate of drug-likeness (QED) is 0.662. The van der Waals surface area contributed by atoms with Gasteiger partial charge in [-0.15, -0.1) is 11.3 Å². The van der Waals surface area contributed by atoms with Gasteiger partial charge in [-0.05, 0) is 17.0 Å². The van der Waals surface area contributed by atoms with Crippen LogP contribution in [0.3, 0.4) is 0 Å². The minimum Gasteiger partial charge on any atom is -0.376 e. The Morgan fingerprint density at radius 3 is 2.78 bits per heavy atom. The normalized spacial score (nSPS) is 15.5. The van der Waals surface area contributed by atoms with Crippen LogP contribution >= 0.6 is 22.9 Å². The average molecular weight is 289 g/mol. The monoisotopic (exact) mass is 288 g/mol. The molecule has 2 heterocycles. The van der Waals surface area contributed by atoms with Gasteiger partial charge in [0.25, 0.3) is 0 Å². The predicted molar refractivity (Wildman–Crippen MR) is 69.0 cm³/mol. The maximum atomic E-state index is 11.6. The minimum absolute atomic E-state index is 0.0705. The molecule has 0 spiro atoms. The highest BCUT2D eigenvalue weighted by Gasteiger charge is 2.20. The molecular formula is C11H13ClN2O3S. The first-order valence-corrected chi connectivity index (χ1v) is 6.84. The number of esters is 1. The van der Waals surface area contributed by atoms with Crippen molar-refractivity contribution in [3.63, 3.8) is 0 Å². The zero-order chi connectivity index (χ0) is 13.0. The highest BCUT2D eigenvalue weighted by Crippen LogP contribution is 2.20. The van der Waals surface area contributed by atoms with Gasteiger partial charge in [0.05, 0.1) is 10.8 Å². The van der Waals surface area contributed by atoms with Crippen LogP contribution < -0.4 is 5.32 Å². The van der Waals surface area contributed by atoms with E-state index in [1.54, 1.807) is 11.4 Å². The van der Waals surface area contributed by atoms with Crippen LogP contribution in [0.4, 0.5) is 4.79 Å². The van der Waals surface area contributed by atoms with Gasteiger partial charge in [0, 0.05) is 26.2 Å². The number of nitrogens with zero attached hydrogens (tertiary/aromatic N) is 1. The third kappa shape index (κ3) is 3.69. The summed E-state index contributed by atoms with van der Waals surface area (Å²) >= 11 is 7.10. The van der Waals surface area contributed by atoms with E-state index in [-0.39, 0.29) is 6.42 Å². The van der Waals surface area contributed by atoms with Crippen molar-refractivity contribution in [1.29, 1.82) is 0 Å². The molecule has 5 nitrogen and oxygen atoms in total. The maximum Gasteiger partial charge on any atom is 0.417 e. The number of carbonyl (C=O) groups excluding carboxylic acids is 2. The molecule has 1 fully saturated rings. The number of ether oxygens (including phenoxy) is 1. The predicted octanol–water partition coefficient (Wildman–Crippen LogP) is 1.51. The Morgan fingerprint density at radius 1 is 1.44 bits per heavy atom. The molecule has 0 bridgehead atoms. The lowest BCUT2D eigenvalue weighted by Crippen LogP contribution is -2.47. The van der Waals surface area contributed by atoms with Gasteiger partial charge in [0.15, 0.2) is 0 Å². The molecule has 1 amide bonds. The molecule has 0 radical (unpaired) electrons. The molecule has 0 aliphatic carbocycles. The van der Waals surface area contributed by atoms with Gasteiger partial charge >= 0.3 is 12.1 Å². The summed E-state index contributed by atoms with van der Waals surface area (Å²) in [6.07, 6.45) is -0.496. The summed E-state index contributed by atoms with van der Waals surface area (Å²) in [5, 5.41) is 4.89. The molecule has 1 saturated heterocycles. The fraction of sp³-hybridized carbons (Fsp3) is 0.455. The molecular weight excluding hydrogens is 276 g/mol. The molecule has 0 atom stereocenters. The van der Waals surface area contributed by atoms with Crippen LogP contribution in [0.25, 0.3) is 0 Å². The molecule has 1 aliphatic heterocycles. The lowest BCUT2D eigenvalue weighted by molar-refractivity contribution is -0.137. The molecule has 98 valence electrons. The second kappa shape index (κ2) is 6.17. The van der Waals surface area contributed by atoms with Crippen molar-refractivity contribution in [3.8, 4) is 0 Å². The summed E-state index contributed by atoms with van der Waals surface area (Å²) < 4.78 is 5.40. The minimum atomic E-state index is -0.567. The van der Waals surface area contributed by atoms with E-state index in [2.05, 4.69) is 5.32 Å². The maximum absolute atomic E-state index is 11.6. The largest absolute Gasteiger partial charge is 0.417 e. The van der Waals surface area contributed by atoms with Crippen LogP contribution in [0.2, 0.25) is 4.34 Å². The first-order chi connectivity index (χ1) is 8.65. The summed E-state index contributed by atoms with van der Waals surface area (Å²) in [4.78, 5) is 24.7. The zero-order valence-electron chi connectivity index (χ0n) is 9.65. The van der Waals surface area contributed by atoms with Gasteiger partial charge in [-0.1, -0.05) is 11.6 Å². The third-order valence-corrected chi connectivity index (χ3v) is 3.69. The summed E-state index contributed by atoms with van der Waals surface area (Å²) in [5.41, 5.74) is 0.767. The molecule has 18 heavy (non-hydrogen) atoms. The van der Waals surface area contributed by atoms with Crippen LogP contribution in [-0.2, 0) is 16.0 Å². The molecule has 2 rings (SSSR count). The number of thiophene rings is 1. The average Bonchev–Trinajstić information content (AvgIpc) is 2.75. The lowest BCUT2D eigenvalue weighted by Gasteiger charge is -2.25. The van der Waals surface area contributed by atoms with Crippen LogP contribution in [-0.4, -0.2) is 43.1 Å². The van der Waals surface area contributed by atoms with Crippen molar-refractivity contribution >= 4 is 35.0 Å². The number of hydrogen-bond acceptors (Lipinski definition) is 5. The molecule has 0 aromatic carbocycles. The van der Waals surface area contributed by atoms with Gasteiger partial charge in [0.1, 0.15) is 0 Å². The van der Waals surface area contributed by atoms with E-state index in [0.717, 1.165) is 18.7 Å². The Bertz CT molecular complexity index is 443. The van der Waals surface area contributed by atoms with Crippen molar-refractivity contribution in [2.75, 3.05) is 26.2 Å². The first-order valence-electron chi connectivity index (χ1n) is 5.58. The Labute approximate surface area is 114 Å². The van der Waals surface area contributed by atoms with Crippen molar-refractivity contribution < 1.29 is 14.3 Å². The van der Waals surface area contributed by atoms with Crippen molar-refractivity contribution in [1.82, 2.24) is 10.2 Å². The number of rotatable bonds is 2. The summed E-state index contributed by atoms with van der Waals surface area (Å²) in [6, 6.07) is 1.70. The van der Waals surface area contributed by atoms with Crippen molar-refractivity contribution in [3.05, 3.63) is 21.3 Å². The fourth-order valence-corrected chi connectivity index (χ4v) is 2.56. The number of carbonyl (C=O) groups is 2. The number of hydrogen-bond donors (Lipinski definition) is 1. The van der Waals surface area contributed by atoms with E-state index >= 15 is 0 Å². The van der Waals surface area contributed by atoms with E-state index in [0.29, 0.717) is 17.4 Å². The Morgan fingerprint density at radius 2 is 2.17 bits per heavy atom. The van der Waals surface area contributed by atoms with E-state index in [4.69, 9.17) is 16.3 Å². The van der Waals surface area contributed by atoms with Crippen molar-refractivity contribution in [2.45, 2.75) is 6.42 Å². The lowest BCUT2D eigenvalue weighted by atomic mass is 10.2. The topological polar surface area (TPSA) is 58.6 Å². The molecule has 1 N–H and O–H groups in total. The van der Waals surface area contributed by atoms with E-state index in [1.807, 2.05) is 0 Å². The highest BCUT2D eigenvalue weighted by atomic mass is 35.5. The smallest absolute Gasteiger partial charge is 0.376 e. The number of amides is 1. The fourth-order valence-electron chi connectivity index (χ4n) is 1.65. The summed E-state index contributed by atoms with van der Waals surface area (Å²) in [7, 11) is 0. The van der Waals surface area contributed by atoms with Crippen molar-refractivity contribution in [2.24, 2.45) is 0 Å². The van der Waals surface area contributed by atoms with Gasteiger partial charge in [0.2, 0.25) is 0 Å². The molecule has 7 heteroatoms. The highest BCUT2D eigenvalue weighted by molar-refractivity contribution is 7.14. The zero-order valence-corrected chi connectivity index (χ0v) is 11.2. The second-order valence-electron chi connectivity index (χ2n) is 3.91. The van der Waals surface area contributed by atoms with E-state index in [9.17, 15) is 9.59 Å². The Kier molecular flexibility index (Phi) is 4.57. The summed E-state index contributed by atoms with van der Waals surface area (Å²) in [6.45, 7) is 2.58. The van der Waals surface area contributed by atoms with E-state index < -0.39 is 12.1 Å². The third-order valence-electron chi connectivity index (χ3n) is 2.55. The standard InChI is InChI=1S/C11H13ClN2O3S/c12-9-5-8(7-18-9)6-10(15)17-11(16)14-3-1-13-2-4-14/h5,7,13H,1-4,6H2. The molecule has 0 unspecified atom stereocenters. The van der Waals surface area contributed by atoms with Crippen LogP contribution in [0.1, 0.15) is 5.56 Å². The number of nitrogens with one attached hydrogen (secondary N) is 1. The second-order valence-corrected chi connectivity index (χ2v) is 5.46. The molecule has 1 aromatic rings. The number of piperazine rings is 1. The Balaban J connectivity index is 1.81. The molecule has 0 saturated carbocycles. The summed E-state index contributed by atoms with van der Waals surface area (Å²) in [5.74, 6) is -0.548. The van der Waals surface area contributed by atoms with Gasteiger partial charge in [-0.25, -0.2) is 4.79 Å². The van der Waals surface area contributed by atoms with Crippen LogP contribution in [0.5, 0.6) is 0 Å². The molecule has 1 aliphatic rings. The van der Waals surface area contributed by atoms with E-state index in [1.165, 1.54) is 16.2 Å². The Hall–Kier alpha value is -1.11. The van der Waals surface area contributed by atoms with Crippen LogP contribution in [0.15, 0.2) is 11.4 Å². The first kappa shape index (κ1) is 13.3.